The molecule has 1 aliphatic rings. The predicted molar refractivity (Wildman–Crippen MR) is 56.3 cm³/mol. The summed E-state index contributed by atoms with van der Waals surface area (Å²) in [6, 6.07) is 0. The third kappa shape index (κ3) is 2.02. The van der Waals surface area contributed by atoms with Crippen LogP contribution in [0.5, 0.6) is 0 Å². The van der Waals surface area contributed by atoms with Crippen molar-refractivity contribution in [3.8, 4) is 0 Å². The van der Waals surface area contributed by atoms with Gasteiger partial charge in [-0.15, -0.1) is 0 Å². The Morgan fingerprint density at radius 3 is 2.93 bits per heavy atom. The molecule has 82 valence electrons. The fourth-order valence-corrected chi connectivity index (χ4v) is 1.73. The van der Waals surface area contributed by atoms with Crippen molar-refractivity contribution >= 4 is 5.91 Å². The number of carbonyl (C=O) groups is 1. The van der Waals surface area contributed by atoms with Gasteiger partial charge < -0.3 is 15.6 Å². The molecule has 0 aliphatic heterocycles. The highest BCUT2D eigenvalue weighted by molar-refractivity contribution is 5.92. The lowest BCUT2D eigenvalue weighted by molar-refractivity contribution is 0.0921. The summed E-state index contributed by atoms with van der Waals surface area (Å²) in [4.78, 5) is 15.6. The minimum Gasteiger partial charge on any atom is -0.349 e. The number of nitrogens with one attached hydrogen (secondary N) is 1. The number of aromatic nitrogens is 2. The summed E-state index contributed by atoms with van der Waals surface area (Å²) in [6.45, 7) is 0.553. The number of carbonyl (C=O) groups excluding carboxylic acids is 1. The Hall–Kier alpha value is -1.36. The van der Waals surface area contributed by atoms with Crippen molar-refractivity contribution in [3.63, 3.8) is 0 Å². The Morgan fingerprint density at radius 1 is 1.73 bits per heavy atom. The number of imidazole rings is 1. The van der Waals surface area contributed by atoms with Crippen molar-refractivity contribution in [1.29, 1.82) is 0 Å². The van der Waals surface area contributed by atoms with Crippen LogP contribution < -0.4 is 11.1 Å². The van der Waals surface area contributed by atoms with Gasteiger partial charge in [-0.05, 0) is 19.3 Å². The molecule has 3 N–H and O–H groups in total. The molecule has 15 heavy (non-hydrogen) atoms. The molecule has 1 heterocycles. The Kier molecular flexibility index (Phi) is 2.48. The maximum Gasteiger partial charge on any atom is 0.269 e. The second kappa shape index (κ2) is 3.66. The fourth-order valence-electron chi connectivity index (χ4n) is 1.73. The predicted octanol–water partition coefficient (Wildman–Crippen LogP) is 0.0313. The molecule has 0 unspecified atom stereocenters. The molecule has 1 fully saturated rings. The fraction of sp³-hybridized carbons (Fsp3) is 0.600. The van der Waals surface area contributed by atoms with Gasteiger partial charge in [0.05, 0.1) is 12.5 Å². The maximum atomic E-state index is 11.7. The van der Waals surface area contributed by atoms with Crippen LogP contribution in [0, 0.1) is 0 Å². The first kappa shape index (κ1) is 10.2. The first-order valence-corrected chi connectivity index (χ1v) is 5.14. The van der Waals surface area contributed by atoms with Gasteiger partial charge >= 0.3 is 0 Å². The van der Waals surface area contributed by atoms with Crippen molar-refractivity contribution in [2.45, 2.75) is 24.8 Å². The second-order valence-electron chi connectivity index (χ2n) is 4.29. The van der Waals surface area contributed by atoms with E-state index in [1.807, 2.05) is 0 Å². The quantitative estimate of drug-likeness (QED) is 0.736. The van der Waals surface area contributed by atoms with Gasteiger partial charge in [0, 0.05) is 19.1 Å². The number of amides is 1. The summed E-state index contributed by atoms with van der Waals surface area (Å²) in [5.41, 5.74) is 6.40. The largest absolute Gasteiger partial charge is 0.349 e. The Morgan fingerprint density at radius 2 is 2.47 bits per heavy atom. The molecule has 0 saturated heterocycles. The zero-order valence-electron chi connectivity index (χ0n) is 8.86. The molecular weight excluding hydrogens is 192 g/mol. The van der Waals surface area contributed by atoms with Crippen molar-refractivity contribution in [3.05, 3.63) is 18.2 Å². The summed E-state index contributed by atoms with van der Waals surface area (Å²) in [5, 5.41) is 2.84. The van der Waals surface area contributed by atoms with Crippen LogP contribution in [0.25, 0.3) is 0 Å². The lowest BCUT2D eigenvalue weighted by Crippen LogP contribution is -2.55. The summed E-state index contributed by atoms with van der Waals surface area (Å²) < 4.78 is 1.69. The van der Waals surface area contributed by atoms with Crippen LogP contribution in [0.15, 0.2) is 12.5 Å². The van der Waals surface area contributed by atoms with Gasteiger partial charge in [-0.1, -0.05) is 0 Å². The van der Waals surface area contributed by atoms with Gasteiger partial charge in [-0.3, -0.25) is 4.79 Å². The summed E-state index contributed by atoms with van der Waals surface area (Å²) in [7, 11) is 1.80. The van der Waals surface area contributed by atoms with E-state index < -0.39 is 0 Å². The van der Waals surface area contributed by atoms with Crippen LogP contribution in [0.4, 0.5) is 0 Å². The lowest BCUT2D eigenvalue weighted by atomic mass is 9.78. The van der Waals surface area contributed by atoms with Crippen molar-refractivity contribution in [2.75, 3.05) is 6.54 Å². The van der Waals surface area contributed by atoms with Gasteiger partial charge in [-0.25, -0.2) is 4.98 Å². The van der Waals surface area contributed by atoms with E-state index in [0.717, 1.165) is 19.3 Å². The molecule has 0 radical (unpaired) electrons. The molecule has 0 aromatic carbocycles. The minimum atomic E-state index is -0.172. The van der Waals surface area contributed by atoms with Gasteiger partial charge in [0.15, 0.2) is 0 Å². The van der Waals surface area contributed by atoms with Crippen molar-refractivity contribution in [1.82, 2.24) is 14.9 Å². The molecule has 1 aromatic rings. The van der Waals surface area contributed by atoms with E-state index in [1.54, 1.807) is 24.1 Å². The monoisotopic (exact) mass is 208 g/mol. The number of rotatable bonds is 3. The molecule has 0 bridgehead atoms. The Bertz CT molecular complexity index is 367. The maximum absolute atomic E-state index is 11.7. The molecular formula is C10H16N4O. The Balaban J connectivity index is 1.90. The Labute approximate surface area is 88.7 Å². The van der Waals surface area contributed by atoms with Crippen LogP contribution in [0.3, 0.4) is 0 Å². The lowest BCUT2D eigenvalue weighted by Gasteiger charge is -2.38. The standard InChI is InChI=1S/C10H16N4O/c1-14-7-12-5-8(14)9(15)13-6-10(11)3-2-4-10/h5,7H,2-4,6,11H2,1H3,(H,13,15). The van der Waals surface area contributed by atoms with Crippen LogP contribution in [0.2, 0.25) is 0 Å². The number of nitrogens with two attached hydrogens (primary N) is 1. The minimum absolute atomic E-state index is 0.105. The molecule has 0 spiro atoms. The van der Waals surface area contributed by atoms with Gasteiger partial charge in [-0.2, -0.15) is 0 Å². The van der Waals surface area contributed by atoms with E-state index in [0.29, 0.717) is 12.2 Å². The molecule has 1 amide bonds. The zero-order chi connectivity index (χ0) is 10.9. The molecule has 2 rings (SSSR count). The van der Waals surface area contributed by atoms with Crippen LogP contribution in [-0.4, -0.2) is 27.5 Å². The first-order chi connectivity index (χ1) is 7.11. The van der Waals surface area contributed by atoms with Gasteiger partial charge in [0.2, 0.25) is 0 Å². The summed E-state index contributed by atoms with van der Waals surface area (Å²) in [5.74, 6) is -0.105. The van der Waals surface area contributed by atoms with Crippen molar-refractivity contribution < 1.29 is 4.79 Å². The third-order valence-corrected chi connectivity index (χ3v) is 3.00. The average molecular weight is 208 g/mol. The topological polar surface area (TPSA) is 72.9 Å². The SMILES string of the molecule is Cn1cncc1C(=O)NCC1(N)CCC1. The number of aryl methyl sites for hydroxylation is 1. The van der Waals surface area contributed by atoms with Crippen LogP contribution >= 0.6 is 0 Å². The van der Waals surface area contributed by atoms with Crippen LogP contribution in [-0.2, 0) is 7.05 Å². The van der Waals surface area contributed by atoms with Crippen LogP contribution in [0.1, 0.15) is 29.8 Å². The number of nitrogens with zero attached hydrogens (tertiary/aromatic N) is 2. The molecule has 0 atom stereocenters. The van der Waals surface area contributed by atoms with Crippen molar-refractivity contribution in [2.24, 2.45) is 12.8 Å². The highest BCUT2D eigenvalue weighted by Crippen LogP contribution is 2.28. The third-order valence-electron chi connectivity index (χ3n) is 3.00. The van der Waals surface area contributed by atoms with E-state index in [-0.39, 0.29) is 11.4 Å². The molecule has 5 heteroatoms. The van der Waals surface area contributed by atoms with Gasteiger partial charge in [0.25, 0.3) is 5.91 Å². The average Bonchev–Trinajstić information content (AvgIpc) is 2.58. The van der Waals surface area contributed by atoms with E-state index in [2.05, 4.69) is 10.3 Å². The van der Waals surface area contributed by atoms with E-state index in [4.69, 9.17) is 5.73 Å². The second-order valence-corrected chi connectivity index (χ2v) is 4.29. The summed E-state index contributed by atoms with van der Waals surface area (Å²) in [6.07, 6.45) is 6.32. The highest BCUT2D eigenvalue weighted by atomic mass is 16.1. The zero-order valence-corrected chi connectivity index (χ0v) is 8.86. The normalized spacial score (nSPS) is 18.3. The molecule has 5 nitrogen and oxygen atoms in total. The summed E-state index contributed by atoms with van der Waals surface area (Å²) >= 11 is 0. The molecule has 1 aromatic heterocycles. The van der Waals surface area contributed by atoms with E-state index >= 15 is 0 Å². The van der Waals surface area contributed by atoms with E-state index in [1.165, 1.54) is 0 Å². The first-order valence-electron chi connectivity index (χ1n) is 5.14. The number of hydrogen-bond donors (Lipinski definition) is 2. The number of hydrogen-bond acceptors (Lipinski definition) is 3. The highest BCUT2D eigenvalue weighted by Gasteiger charge is 2.32. The molecule has 1 saturated carbocycles. The molecule has 1 aliphatic carbocycles. The van der Waals surface area contributed by atoms with E-state index in [9.17, 15) is 4.79 Å². The smallest absolute Gasteiger partial charge is 0.269 e. The van der Waals surface area contributed by atoms with Gasteiger partial charge in [0.1, 0.15) is 5.69 Å².